The number of nitrogens with zero attached hydrogens (tertiary/aromatic N) is 1. The van der Waals surface area contributed by atoms with Crippen LogP contribution in [-0.4, -0.2) is 42.9 Å². The zero-order valence-corrected chi connectivity index (χ0v) is 9.40. The molecule has 0 N–H and O–H groups in total. The summed E-state index contributed by atoms with van der Waals surface area (Å²) in [7, 11) is 1.45. The second-order valence-corrected chi connectivity index (χ2v) is 3.88. The van der Waals surface area contributed by atoms with Gasteiger partial charge in [-0.05, 0) is 20.3 Å². The number of rotatable bonds is 5. The average molecular weight is 211 g/mol. The smallest absolute Gasteiger partial charge is 0.255 e. The van der Waals surface area contributed by atoms with Gasteiger partial charge in [-0.25, -0.2) is 0 Å². The molecule has 0 radical (unpaired) electrons. The van der Waals surface area contributed by atoms with E-state index in [9.17, 15) is 9.59 Å². The molecule has 2 atom stereocenters. The first-order valence-corrected chi connectivity index (χ1v) is 5.03. The highest BCUT2D eigenvalue weighted by molar-refractivity contribution is 5.95. The number of allylic oxidation sites excluding steroid dienone is 1. The Hall–Kier alpha value is -1.16. The lowest BCUT2D eigenvalue weighted by atomic mass is 9.99. The lowest BCUT2D eigenvalue weighted by Gasteiger charge is -2.43. The van der Waals surface area contributed by atoms with Gasteiger partial charge in [0, 0.05) is 13.7 Å². The minimum atomic E-state index is -0.561. The molecule has 1 aliphatic heterocycles. The van der Waals surface area contributed by atoms with Crippen LogP contribution >= 0.6 is 0 Å². The lowest BCUT2D eigenvalue weighted by molar-refractivity contribution is -0.171. The van der Waals surface area contributed by atoms with Gasteiger partial charge in [0.25, 0.3) is 5.91 Å². The molecule has 1 heterocycles. The van der Waals surface area contributed by atoms with Crippen LogP contribution in [0.3, 0.4) is 0 Å². The Balaban J connectivity index is 2.46. The number of carbonyl (C=O) groups excluding carboxylic acids is 2. The molecular weight excluding hydrogens is 194 g/mol. The predicted octanol–water partition coefficient (Wildman–Crippen LogP) is 0.767. The first kappa shape index (κ1) is 11.9. The topological polar surface area (TPSA) is 46.6 Å². The quantitative estimate of drug-likeness (QED) is 0.383. The maximum absolute atomic E-state index is 11.5. The first-order valence-electron chi connectivity index (χ1n) is 5.03. The summed E-state index contributed by atoms with van der Waals surface area (Å²) in [5.41, 5.74) is 1.22. The standard InChI is InChI=1S/C11H17NO3/c1-8(2)5-4-6-12-9(7-13)10(15-3)11(12)14/h5,7,9-10H,4,6H2,1-3H3/t9-,10+/m0/s1. The van der Waals surface area contributed by atoms with Crippen LogP contribution in [0.2, 0.25) is 0 Å². The minimum Gasteiger partial charge on any atom is -0.369 e. The lowest BCUT2D eigenvalue weighted by Crippen LogP contribution is -2.66. The summed E-state index contributed by atoms with van der Waals surface area (Å²) >= 11 is 0. The number of hydrogen-bond donors (Lipinski definition) is 0. The molecule has 1 rings (SSSR count). The van der Waals surface area contributed by atoms with Gasteiger partial charge in [0.05, 0.1) is 0 Å². The highest BCUT2D eigenvalue weighted by atomic mass is 16.5. The fraction of sp³-hybridized carbons (Fsp3) is 0.636. The van der Waals surface area contributed by atoms with Crippen LogP contribution in [-0.2, 0) is 14.3 Å². The van der Waals surface area contributed by atoms with Crippen molar-refractivity contribution in [1.29, 1.82) is 0 Å². The summed E-state index contributed by atoms with van der Waals surface area (Å²) in [6, 6.07) is -0.395. The molecule has 1 aliphatic rings. The monoisotopic (exact) mass is 211 g/mol. The third kappa shape index (κ3) is 2.45. The van der Waals surface area contributed by atoms with Gasteiger partial charge in [0.1, 0.15) is 12.3 Å². The maximum atomic E-state index is 11.5. The fourth-order valence-electron chi connectivity index (χ4n) is 1.67. The summed E-state index contributed by atoms with van der Waals surface area (Å²) in [5, 5.41) is 0. The van der Waals surface area contributed by atoms with Crippen molar-refractivity contribution < 1.29 is 14.3 Å². The van der Waals surface area contributed by atoms with Gasteiger partial charge in [-0.2, -0.15) is 0 Å². The second kappa shape index (κ2) is 5.07. The Morgan fingerprint density at radius 1 is 1.53 bits per heavy atom. The molecule has 4 nitrogen and oxygen atoms in total. The molecular formula is C11H17NO3. The van der Waals surface area contributed by atoms with E-state index in [0.29, 0.717) is 6.54 Å². The van der Waals surface area contributed by atoms with Gasteiger partial charge in [0.2, 0.25) is 0 Å². The summed E-state index contributed by atoms with van der Waals surface area (Å²) in [6.07, 6.45) is 3.05. The molecule has 1 fully saturated rings. The van der Waals surface area contributed by atoms with Crippen LogP contribution in [0.1, 0.15) is 20.3 Å². The molecule has 84 valence electrons. The van der Waals surface area contributed by atoms with Crippen LogP contribution in [0.5, 0.6) is 0 Å². The van der Waals surface area contributed by atoms with Gasteiger partial charge < -0.3 is 14.4 Å². The van der Waals surface area contributed by atoms with E-state index in [2.05, 4.69) is 6.08 Å². The van der Waals surface area contributed by atoms with Gasteiger partial charge >= 0.3 is 0 Å². The zero-order valence-electron chi connectivity index (χ0n) is 9.40. The Morgan fingerprint density at radius 2 is 2.20 bits per heavy atom. The SMILES string of the molecule is CO[C@H]1C(=O)N(CCC=C(C)C)[C@H]1C=O. The zero-order chi connectivity index (χ0) is 11.4. The molecule has 1 saturated heterocycles. The molecule has 0 spiro atoms. The number of likely N-dealkylation sites (tertiary alicyclic amines) is 1. The number of amides is 1. The Labute approximate surface area is 89.9 Å². The van der Waals surface area contributed by atoms with Gasteiger partial charge in [0.15, 0.2) is 6.10 Å². The van der Waals surface area contributed by atoms with Crippen molar-refractivity contribution in [2.75, 3.05) is 13.7 Å². The highest BCUT2D eigenvalue weighted by Gasteiger charge is 2.46. The molecule has 0 unspecified atom stereocenters. The largest absolute Gasteiger partial charge is 0.369 e. The number of aldehydes is 1. The molecule has 0 aromatic heterocycles. The molecule has 1 amide bonds. The molecule has 15 heavy (non-hydrogen) atoms. The predicted molar refractivity (Wildman–Crippen MR) is 56.4 cm³/mol. The van der Waals surface area contributed by atoms with Gasteiger partial charge in [-0.15, -0.1) is 0 Å². The van der Waals surface area contributed by atoms with Crippen LogP contribution in [0.15, 0.2) is 11.6 Å². The minimum absolute atomic E-state index is 0.0863. The van der Waals surface area contributed by atoms with E-state index < -0.39 is 12.1 Å². The number of carbonyl (C=O) groups is 2. The molecule has 0 aliphatic carbocycles. The molecule has 0 saturated carbocycles. The summed E-state index contributed by atoms with van der Waals surface area (Å²) < 4.78 is 4.92. The third-order valence-electron chi connectivity index (χ3n) is 2.51. The second-order valence-electron chi connectivity index (χ2n) is 3.88. The van der Waals surface area contributed by atoms with E-state index >= 15 is 0 Å². The van der Waals surface area contributed by atoms with Crippen molar-refractivity contribution in [1.82, 2.24) is 4.90 Å². The summed E-state index contributed by atoms with van der Waals surface area (Å²) in [4.78, 5) is 23.7. The van der Waals surface area contributed by atoms with Gasteiger partial charge in [-0.1, -0.05) is 11.6 Å². The van der Waals surface area contributed by atoms with Gasteiger partial charge in [-0.3, -0.25) is 4.79 Å². The fourth-order valence-corrected chi connectivity index (χ4v) is 1.67. The Morgan fingerprint density at radius 3 is 2.67 bits per heavy atom. The van der Waals surface area contributed by atoms with Crippen LogP contribution < -0.4 is 0 Å². The van der Waals surface area contributed by atoms with Crippen molar-refractivity contribution in [3.05, 3.63) is 11.6 Å². The van der Waals surface area contributed by atoms with E-state index in [0.717, 1.165) is 12.7 Å². The number of methoxy groups -OCH3 is 1. The van der Waals surface area contributed by atoms with E-state index in [1.807, 2.05) is 13.8 Å². The maximum Gasteiger partial charge on any atom is 0.255 e. The Kier molecular flexibility index (Phi) is 4.03. The van der Waals surface area contributed by atoms with Crippen LogP contribution in [0.4, 0.5) is 0 Å². The van der Waals surface area contributed by atoms with Crippen LogP contribution in [0, 0.1) is 0 Å². The number of β-lactam (4-membered cyclic amide) rings is 1. The average Bonchev–Trinajstić information content (AvgIpc) is 2.19. The number of hydrogen-bond acceptors (Lipinski definition) is 3. The highest BCUT2D eigenvalue weighted by Crippen LogP contribution is 2.21. The molecule has 0 aromatic rings. The third-order valence-corrected chi connectivity index (χ3v) is 2.51. The van der Waals surface area contributed by atoms with Crippen molar-refractivity contribution >= 4 is 12.2 Å². The first-order chi connectivity index (χ1) is 7.11. The molecule has 0 bridgehead atoms. The van der Waals surface area contributed by atoms with Crippen molar-refractivity contribution in [2.45, 2.75) is 32.4 Å². The molecule has 0 aromatic carbocycles. The van der Waals surface area contributed by atoms with E-state index in [1.165, 1.54) is 12.7 Å². The van der Waals surface area contributed by atoms with Crippen molar-refractivity contribution in [3.63, 3.8) is 0 Å². The summed E-state index contributed by atoms with van der Waals surface area (Å²) in [6.45, 7) is 4.60. The summed E-state index contributed by atoms with van der Waals surface area (Å²) in [5.74, 6) is -0.0863. The van der Waals surface area contributed by atoms with Crippen LogP contribution in [0.25, 0.3) is 0 Å². The van der Waals surface area contributed by atoms with E-state index in [1.54, 1.807) is 4.90 Å². The Bertz CT molecular complexity index is 282. The van der Waals surface area contributed by atoms with Crippen molar-refractivity contribution in [3.8, 4) is 0 Å². The number of ether oxygens (including phenoxy) is 1. The normalized spacial score (nSPS) is 24.7. The van der Waals surface area contributed by atoms with E-state index in [-0.39, 0.29) is 5.91 Å². The molecule has 4 heteroatoms. The van der Waals surface area contributed by atoms with E-state index in [4.69, 9.17) is 4.74 Å². The van der Waals surface area contributed by atoms with Crippen molar-refractivity contribution in [2.24, 2.45) is 0 Å².